The van der Waals surface area contributed by atoms with E-state index in [1.54, 1.807) is 17.9 Å². The van der Waals surface area contributed by atoms with Gasteiger partial charge < -0.3 is 4.74 Å². The maximum absolute atomic E-state index is 12.8. The molecule has 0 radical (unpaired) electrons. The fraction of sp³-hybridized carbons (Fsp3) is 0.222. The molecule has 0 bridgehead atoms. The first kappa shape index (κ1) is 15.9. The van der Waals surface area contributed by atoms with Gasteiger partial charge in [0.1, 0.15) is 15.4 Å². The lowest BCUT2D eigenvalue weighted by atomic mass is 10.2. The van der Waals surface area contributed by atoms with Crippen LogP contribution in [0.3, 0.4) is 0 Å². The predicted octanol–water partition coefficient (Wildman–Crippen LogP) is 3.02. The van der Waals surface area contributed by atoms with E-state index in [-0.39, 0.29) is 5.56 Å². The molecule has 25 heavy (non-hydrogen) atoms. The van der Waals surface area contributed by atoms with Crippen molar-refractivity contribution in [3.63, 3.8) is 0 Å². The van der Waals surface area contributed by atoms with E-state index in [1.807, 2.05) is 37.3 Å². The van der Waals surface area contributed by atoms with Crippen LogP contribution in [0.15, 0.2) is 41.3 Å². The molecule has 0 saturated carbocycles. The lowest BCUT2D eigenvalue weighted by Crippen LogP contribution is -2.24. The van der Waals surface area contributed by atoms with E-state index in [9.17, 15) is 4.79 Å². The number of fused-ring (bicyclic) bond motifs is 3. The molecule has 1 aromatic carbocycles. The molecule has 0 aliphatic heterocycles. The van der Waals surface area contributed by atoms with Crippen molar-refractivity contribution in [2.75, 3.05) is 13.7 Å². The van der Waals surface area contributed by atoms with Crippen LogP contribution in [0.2, 0.25) is 0 Å². The Kier molecular flexibility index (Phi) is 4.03. The zero-order valence-electron chi connectivity index (χ0n) is 13.9. The third-order valence-corrected chi connectivity index (χ3v) is 5.15. The van der Waals surface area contributed by atoms with E-state index >= 15 is 0 Å². The van der Waals surface area contributed by atoms with Gasteiger partial charge in [0.05, 0.1) is 24.1 Å². The number of ether oxygens (including phenoxy) is 1. The Morgan fingerprint density at radius 1 is 1.20 bits per heavy atom. The van der Waals surface area contributed by atoms with E-state index in [0.29, 0.717) is 35.0 Å². The highest BCUT2D eigenvalue weighted by Gasteiger charge is 2.16. The molecule has 0 aliphatic carbocycles. The summed E-state index contributed by atoms with van der Waals surface area (Å²) in [6, 6.07) is 9.79. The Morgan fingerprint density at radius 3 is 2.76 bits per heavy atom. The van der Waals surface area contributed by atoms with Crippen LogP contribution in [-0.4, -0.2) is 33.2 Å². The maximum atomic E-state index is 12.8. The smallest absolute Gasteiger partial charge is 0.271 e. The predicted molar refractivity (Wildman–Crippen MR) is 99.0 cm³/mol. The van der Waals surface area contributed by atoms with Gasteiger partial charge in [0.25, 0.3) is 5.56 Å². The van der Waals surface area contributed by atoms with Gasteiger partial charge in [-0.05, 0) is 6.92 Å². The second-order valence-corrected chi connectivity index (χ2v) is 6.67. The van der Waals surface area contributed by atoms with Gasteiger partial charge in [-0.1, -0.05) is 30.3 Å². The molecule has 3 heterocycles. The molecule has 0 N–H and O–H groups in total. The molecule has 0 saturated heterocycles. The van der Waals surface area contributed by atoms with Gasteiger partial charge in [-0.2, -0.15) is 0 Å². The lowest BCUT2D eigenvalue weighted by molar-refractivity contribution is 0.185. The van der Waals surface area contributed by atoms with Gasteiger partial charge in [0.15, 0.2) is 5.82 Å². The van der Waals surface area contributed by atoms with Gasteiger partial charge in [-0.3, -0.25) is 9.36 Å². The molecule has 0 spiro atoms. The average Bonchev–Trinajstić information content (AvgIpc) is 3.00. The second-order valence-electron chi connectivity index (χ2n) is 5.67. The van der Waals surface area contributed by atoms with Gasteiger partial charge in [-0.25, -0.2) is 15.0 Å². The number of benzene rings is 1. The fourth-order valence-electron chi connectivity index (χ4n) is 2.79. The van der Waals surface area contributed by atoms with Crippen molar-refractivity contribution < 1.29 is 4.74 Å². The van der Waals surface area contributed by atoms with Crippen molar-refractivity contribution >= 4 is 31.8 Å². The van der Waals surface area contributed by atoms with Crippen molar-refractivity contribution in [1.29, 1.82) is 0 Å². The third kappa shape index (κ3) is 2.71. The molecule has 4 rings (SSSR count). The Labute approximate surface area is 147 Å². The summed E-state index contributed by atoms with van der Waals surface area (Å²) in [5.74, 6) is 1.32. The van der Waals surface area contributed by atoms with Gasteiger partial charge in [-0.15, -0.1) is 11.3 Å². The van der Waals surface area contributed by atoms with Gasteiger partial charge >= 0.3 is 0 Å². The number of hydrogen-bond donors (Lipinski definition) is 0. The fourth-order valence-corrected chi connectivity index (χ4v) is 3.83. The number of aryl methyl sites for hydroxylation is 1. The molecule has 6 nitrogen and oxygen atoms in total. The van der Waals surface area contributed by atoms with Crippen LogP contribution in [-0.2, 0) is 11.3 Å². The molecule has 126 valence electrons. The maximum Gasteiger partial charge on any atom is 0.271 e. The first-order valence-corrected chi connectivity index (χ1v) is 8.71. The summed E-state index contributed by atoms with van der Waals surface area (Å²) >= 11 is 1.37. The largest absolute Gasteiger partial charge is 0.383 e. The van der Waals surface area contributed by atoms with Crippen molar-refractivity contribution in [3.8, 4) is 11.4 Å². The molecule has 0 unspecified atom stereocenters. The minimum Gasteiger partial charge on any atom is -0.383 e. The quantitative estimate of drug-likeness (QED) is 0.565. The molecule has 0 amide bonds. The highest BCUT2D eigenvalue weighted by atomic mass is 32.1. The van der Waals surface area contributed by atoms with Crippen LogP contribution in [0.1, 0.15) is 5.82 Å². The number of hydrogen-bond acceptors (Lipinski definition) is 6. The molecule has 0 fully saturated rings. The molecule has 7 heteroatoms. The second kappa shape index (κ2) is 6.34. The number of aromatic nitrogens is 4. The molecule has 4 aromatic rings. The lowest BCUT2D eigenvalue weighted by Gasteiger charge is -2.08. The van der Waals surface area contributed by atoms with Crippen molar-refractivity contribution in [2.45, 2.75) is 13.5 Å². The summed E-state index contributed by atoms with van der Waals surface area (Å²) < 4.78 is 7.34. The van der Waals surface area contributed by atoms with E-state index < -0.39 is 0 Å². The summed E-state index contributed by atoms with van der Waals surface area (Å²) in [7, 11) is 1.62. The Morgan fingerprint density at radius 2 is 2.00 bits per heavy atom. The SMILES string of the molecule is COCCn1c(C)nc2c(sc3nc(-c4ccccc4)ncc32)c1=O. The van der Waals surface area contributed by atoms with Crippen molar-refractivity contribution in [2.24, 2.45) is 0 Å². The molecule has 0 aliphatic rings. The first-order valence-electron chi connectivity index (χ1n) is 7.90. The number of methoxy groups -OCH3 is 1. The highest BCUT2D eigenvalue weighted by Crippen LogP contribution is 2.30. The van der Waals surface area contributed by atoms with Crippen LogP contribution in [0.25, 0.3) is 31.8 Å². The van der Waals surface area contributed by atoms with E-state index in [1.165, 1.54) is 11.3 Å². The molecular formula is C18H16N4O2S. The summed E-state index contributed by atoms with van der Waals surface area (Å²) in [6.07, 6.45) is 1.76. The summed E-state index contributed by atoms with van der Waals surface area (Å²) in [4.78, 5) is 27.3. The standard InChI is InChI=1S/C18H16N4O2S/c1-11-20-14-13-10-19-16(12-6-4-3-5-7-12)21-17(13)25-15(14)18(23)22(11)8-9-24-2/h3-7,10H,8-9H2,1-2H3. The van der Waals surface area contributed by atoms with Gasteiger partial charge in [0.2, 0.25) is 0 Å². The topological polar surface area (TPSA) is 69.9 Å². The Hall–Kier alpha value is -2.64. The van der Waals surface area contributed by atoms with Crippen LogP contribution in [0.4, 0.5) is 0 Å². The normalized spacial score (nSPS) is 11.4. The van der Waals surface area contributed by atoms with Crippen molar-refractivity contribution in [1.82, 2.24) is 19.5 Å². The zero-order valence-corrected chi connectivity index (χ0v) is 14.7. The number of rotatable bonds is 4. The van der Waals surface area contributed by atoms with Crippen LogP contribution in [0.5, 0.6) is 0 Å². The van der Waals surface area contributed by atoms with Crippen LogP contribution < -0.4 is 5.56 Å². The van der Waals surface area contributed by atoms with Crippen molar-refractivity contribution in [3.05, 3.63) is 52.7 Å². The third-order valence-electron chi connectivity index (χ3n) is 4.08. The Bertz CT molecular complexity index is 1120. The summed E-state index contributed by atoms with van der Waals surface area (Å²) in [5, 5.41) is 0.818. The number of thiophene rings is 1. The molecule has 0 atom stereocenters. The monoisotopic (exact) mass is 352 g/mol. The van der Waals surface area contributed by atoms with Crippen LogP contribution >= 0.6 is 11.3 Å². The molecular weight excluding hydrogens is 336 g/mol. The minimum atomic E-state index is -0.0520. The average molecular weight is 352 g/mol. The van der Waals surface area contributed by atoms with E-state index in [2.05, 4.69) is 15.0 Å². The van der Waals surface area contributed by atoms with E-state index in [0.717, 1.165) is 15.8 Å². The van der Waals surface area contributed by atoms with Gasteiger partial charge in [0, 0.05) is 18.9 Å². The zero-order chi connectivity index (χ0) is 17.4. The first-order chi connectivity index (χ1) is 12.2. The minimum absolute atomic E-state index is 0.0520. The summed E-state index contributed by atoms with van der Waals surface area (Å²) in [5.41, 5.74) is 1.57. The van der Waals surface area contributed by atoms with E-state index in [4.69, 9.17) is 4.74 Å². The van der Waals surface area contributed by atoms with Crippen LogP contribution in [0, 0.1) is 6.92 Å². The summed E-state index contributed by atoms with van der Waals surface area (Å²) in [6.45, 7) is 2.79. The molecule has 3 aromatic heterocycles. The highest BCUT2D eigenvalue weighted by molar-refractivity contribution is 7.25. The Balaban J connectivity index is 1.92. The number of nitrogens with zero attached hydrogens (tertiary/aromatic N) is 4.